The van der Waals surface area contributed by atoms with Crippen molar-refractivity contribution in [3.8, 4) is 0 Å². The minimum Gasteiger partial charge on any atom is -0.319 e. The number of para-hydroxylation sites is 2. The second-order valence-electron chi connectivity index (χ2n) is 7.93. The summed E-state index contributed by atoms with van der Waals surface area (Å²) in [7, 11) is -3.85. The number of piperidine rings is 1. The van der Waals surface area contributed by atoms with Gasteiger partial charge in [0.1, 0.15) is 18.2 Å². The molecule has 1 unspecified atom stereocenters. The number of imidazole rings is 1. The summed E-state index contributed by atoms with van der Waals surface area (Å²) in [6, 6.07) is 12.0. The van der Waals surface area contributed by atoms with Gasteiger partial charge in [0.2, 0.25) is 15.9 Å². The number of nitrogens with one attached hydrogen (secondary N) is 2. The van der Waals surface area contributed by atoms with E-state index in [-0.39, 0.29) is 24.5 Å². The van der Waals surface area contributed by atoms with Gasteiger partial charge in [-0.15, -0.1) is 0 Å². The lowest BCUT2D eigenvalue weighted by Crippen LogP contribution is -2.50. The largest absolute Gasteiger partial charge is 0.319 e. The fourth-order valence-corrected chi connectivity index (χ4v) is 5.47. The number of hydrogen-bond acceptors (Lipinski definition) is 5. The number of sulfonamides is 1. The van der Waals surface area contributed by atoms with Crippen molar-refractivity contribution in [2.24, 2.45) is 5.92 Å². The molecule has 1 aliphatic heterocycles. The number of aromatic nitrogens is 2. The number of halogens is 1. The van der Waals surface area contributed by atoms with Crippen molar-refractivity contribution in [1.82, 2.24) is 24.7 Å². The zero-order chi connectivity index (χ0) is 23.6. The molecule has 1 aromatic heterocycles. The summed E-state index contributed by atoms with van der Waals surface area (Å²) in [5, 5.41) is 0. The summed E-state index contributed by atoms with van der Waals surface area (Å²) in [4.78, 5) is 29.4. The van der Waals surface area contributed by atoms with Crippen molar-refractivity contribution in [3.05, 3.63) is 60.2 Å². The molecular weight excluding hydrogens is 449 g/mol. The first-order valence-electron chi connectivity index (χ1n) is 10.5. The summed E-state index contributed by atoms with van der Waals surface area (Å²) >= 11 is 0. The molecule has 0 bridgehead atoms. The monoisotopic (exact) mass is 473 g/mol. The van der Waals surface area contributed by atoms with Crippen LogP contribution in [-0.2, 0) is 26.2 Å². The van der Waals surface area contributed by atoms with Gasteiger partial charge in [0.25, 0.3) is 5.91 Å². The van der Waals surface area contributed by atoms with Crippen molar-refractivity contribution in [1.29, 1.82) is 0 Å². The second kappa shape index (κ2) is 9.28. The van der Waals surface area contributed by atoms with Crippen LogP contribution in [0.3, 0.4) is 0 Å². The predicted octanol–water partition coefficient (Wildman–Crippen LogP) is 1.73. The van der Waals surface area contributed by atoms with Crippen LogP contribution >= 0.6 is 0 Å². The van der Waals surface area contributed by atoms with Gasteiger partial charge in [-0.05, 0) is 56.2 Å². The average molecular weight is 474 g/mol. The van der Waals surface area contributed by atoms with E-state index in [1.165, 1.54) is 16.4 Å². The zero-order valence-electron chi connectivity index (χ0n) is 18.0. The van der Waals surface area contributed by atoms with E-state index >= 15 is 0 Å². The molecule has 4 rings (SSSR count). The molecule has 0 radical (unpaired) electrons. The molecule has 174 valence electrons. The van der Waals surface area contributed by atoms with Crippen molar-refractivity contribution in [2.45, 2.75) is 31.2 Å². The molecular formula is C22H24FN5O4S. The number of aryl methyl sites for hydroxylation is 1. The van der Waals surface area contributed by atoms with E-state index in [1.807, 2.05) is 24.3 Å². The van der Waals surface area contributed by atoms with Crippen LogP contribution in [0.25, 0.3) is 11.0 Å². The Kier molecular flexibility index (Phi) is 6.43. The quantitative estimate of drug-likeness (QED) is 0.548. The maximum Gasteiger partial charge on any atom is 0.258 e. The molecule has 0 saturated carbocycles. The number of nitrogens with zero attached hydrogens (tertiary/aromatic N) is 3. The fourth-order valence-electron chi connectivity index (χ4n) is 3.94. The van der Waals surface area contributed by atoms with E-state index in [1.54, 1.807) is 11.5 Å². The Morgan fingerprint density at radius 3 is 2.61 bits per heavy atom. The van der Waals surface area contributed by atoms with E-state index in [2.05, 4.69) is 15.8 Å². The number of amides is 2. The minimum absolute atomic E-state index is 0.0212. The third-order valence-electron chi connectivity index (χ3n) is 5.68. The highest BCUT2D eigenvalue weighted by molar-refractivity contribution is 7.89. The van der Waals surface area contributed by atoms with Crippen LogP contribution in [0.4, 0.5) is 4.39 Å². The lowest BCUT2D eigenvalue weighted by molar-refractivity contribution is -0.132. The molecule has 0 aliphatic carbocycles. The maximum atomic E-state index is 13.2. The molecule has 2 N–H and O–H groups in total. The molecule has 2 aromatic carbocycles. The number of rotatable bonds is 5. The Morgan fingerprint density at radius 1 is 1.12 bits per heavy atom. The number of carbonyl (C=O) groups is 2. The van der Waals surface area contributed by atoms with Gasteiger partial charge in [-0.3, -0.25) is 20.4 Å². The third kappa shape index (κ3) is 4.88. The van der Waals surface area contributed by atoms with E-state index in [0.717, 1.165) is 23.2 Å². The standard InChI is InChI=1S/C22H24FN5O4S/c1-15-24-19-6-2-3-7-20(19)28(15)14-21(29)25-26-22(30)16-5-4-12-27(13-16)33(31,32)18-10-8-17(23)9-11-18/h2-3,6-11,16H,4-5,12-14H2,1H3,(H,25,29)(H,26,30). The van der Waals surface area contributed by atoms with Gasteiger partial charge in [0, 0.05) is 13.1 Å². The highest BCUT2D eigenvalue weighted by atomic mass is 32.2. The molecule has 2 amide bonds. The van der Waals surface area contributed by atoms with Crippen LogP contribution < -0.4 is 10.9 Å². The Labute approximate surface area is 190 Å². The molecule has 2 heterocycles. The van der Waals surface area contributed by atoms with E-state index < -0.39 is 33.6 Å². The molecule has 1 atom stereocenters. The Hall–Kier alpha value is -3.31. The van der Waals surface area contributed by atoms with Crippen molar-refractivity contribution in [3.63, 3.8) is 0 Å². The van der Waals surface area contributed by atoms with Crippen LogP contribution in [0.2, 0.25) is 0 Å². The number of carbonyl (C=O) groups excluding carboxylic acids is 2. The number of hydrazine groups is 1. The smallest absolute Gasteiger partial charge is 0.258 e. The van der Waals surface area contributed by atoms with E-state index in [4.69, 9.17) is 0 Å². The van der Waals surface area contributed by atoms with E-state index in [0.29, 0.717) is 18.7 Å². The molecule has 0 spiro atoms. The van der Waals surface area contributed by atoms with Gasteiger partial charge in [0.15, 0.2) is 0 Å². The SMILES string of the molecule is Cc1nc2ccccc2n1CC(=O)NNC(=O)C1CCCN(S(=O)(=O)c2ccc(F)cc2)C1. The van der Waals surface area contributed by atoms with Crippen LogP contribution in [0.15, 0.2) is 53.4 Å². The molecule has 1 saturated heterocycles. The van der Waals surface area contributed by atoms with Crippen LogP contribution in [0.5, 0.6) is 0 Å². The van der Waals surface area contributed by atoms with Gasteiger partial charge in [0.05, 0.1) is 21.8 Å². The molecule has 1 aliphatic rings. The van der Waals surface area contributed by atoms with Gasteiger partial charge in [-0.1, -0.05) is 12.1 Å². The zero-order valence-corrected chi connectivity index (χ0v) is 18.8. The number of fused-ring (bicyclic) bond motifs is 1. The van der Waals surface area contributed by atoms with Crippen LogP contribution in [0.1, 0.15) is 18.7 Å². The lowest BCUT2D eigenvalue weighted by Gasteiger charge is -2.31. The number of hydrogen-bond donors (Lipinski definition) is 2. The topological polar surface area (TPSA) is 113 Å². The van der Waals surface area contributed by atoms with Gasteiger partial charge in [-0.25, -0.2) is 17.8 Å². The second-order valence-corrected chi connectivity index (χ2v) is 9.87. The molecule has 11 heteroatoms. The first kappa shape index (κ1) is 22.9. The van der Waals surface area contributed by atoms with Gasteiger partial charge >= 0.3 is 0 Å². The lowest BCUT2D eigenvalue weighted by atomic mass is 9.99. The van der Waals surface area contributed by atoms with Crippen molar-refractivity contribution < 1.29 is 22.4 Å². The van der Waals surface area contributed by atoms with Gasteiger partial charge in [-0.2, -0.15) is 4.31 Å². The van der Waals surface area contributed by atoms with Gasteiger partial charge < -0.3 is 4.57 Å². The molecule has 1 fully saturated rings. The summed E-state index contributed by atoms with van der Waals surface area (Å²) in [5.41, 5.74) is 6.40. The molecule has 33 heavy (non-hydrogen) atoms. The maximum absolute atomic E-state index is 13.2. The third-order valence-corrected chi connectivity index (χ3v) is 7.56. The molecule has 9 nitrogen and oxygen atoms in total. The number of benzene rings is 2. The summed E-state index contributed by atoms with van der Waals surface area (Å²) in [5.74, 6) is -1.37. The normalized spacial score (nSPS) is 17.1. The summed E-state index contributed by atoms with van der Waals surface area (Å²) in [6.45, 7) is 2.02. The van der Waals surface area contributed by atoms with Crippen LogP contribution in [-0.4, -0.2) is 47.2 Å². The Morgan fingerprint density at radius 2 is 1.85 bits per heavy atom. The summed E-state index contributed by atoms with van der Waals surface area (Å²) in [6.07, 6.45) is 0.981. The minimum atomic E-state index is -3.85. The molecule has 3 aromatic rings. The predicted molar refractivity (Wildman–Crippen MR) is 119 cm³/mol. The summed E-state index contributed by atoms with van der Waals surface area (Å²) < 4.78 is 41.8. The Bertz CT molecular complexity index is 1290. The average Bonchev–Trinajstić information content (AvgIpc) is 3.12. The van der Waals surface area contributed by atoms with E-state index in [9.17, 15) is 22.4 Å². The fraction of sp³-hybridized carbons (Fsp3) is 0.318. The van der Waals surface area contributed by atoms with Crippen molar-refractivity contribution in [2.75, 3.05) is 13.1 Å². The van der Waals surface area contributed by atoms with Crippen molar-refractivity contribution >= 4 is 32.9 Å². The highest BCUT2D eigenvalue weighted by Crippen LogP contribution is 2.24. The Balaban J connectivity index is 1.36. The van der Waals surface area contributed by atoms with Crippen LogP contribution in [0, 0.1) is 18.7 Å². The highest BCUT2D eigenvalue weighted by Gasteiger charge is 2.33. The first-order chi connectivity index (χ1) is 15.8. The first-order valence-corrected chi connectivity index (χ1v) is 12.0.